The second-order valence-electron chi connectivity index (χ2n) is 6.52. The first-order chi connectivity index (χ1) is 13.2. The first kappa shape index (κ1) is 20.0. The zero-order valence-corrected chi connectivity index (χ0v) is 17.2. The molecule has 0 aliphatic carbocycles. The Hall–Kier alpha value is -2.70. The summed E-state index contributed by atoms with van der Waals surface area (Å²) in [6.45, 7) is 3.70. The largest absolute Gasteiger partial charge is 0.219 e. The van der Waals surface area contributed by atoms with E-state index in [1.54, 1.807) is 54.6 Å². The summed E-state index contributed by atoms with van der Waals surface area (Å²) in [6, 6.07) is 20.9. The summed E-state index contributed by atoms with van der Waals surface area (Å²) in [6.07, 6.45) is 0. The summed E-state index contributed by atoms with van der Waals surface area (Å²) in [5.41, 5.74) is 2.15. The molecular weight excluding hydrogens is 392 g/mol. The number of sulfone groups is 2. The van der Waals surface area contributed by atoms with Crippen LogP contribution in [0.5, 0.6) is 0 Å². The molecular formula is C22H20O4S2. The van der Waals surface area contributed by atoms with Crippen molar-refractivity contribution in [1.29, 1.82) is 0 Å². The van der Waals surface area contributed by atoms with E-state index in [0.29, 0.717) is 5.56 Å². The van der Waals surface area contributed by atoms with Crippen LogP contribution in [0.1, 0.15) is 16.7 Å². The SMILES string of the molecule is Cc1ccc(S(=O)(=O)/C=C(\c2ccccc2)S(=O)(=O)c2ccc(C)cc2)cc1. The molecule has 0 bridgehead atoms. The van der Waals surface area contributed by atoms with Gasteiger partial charge in [-0.25, -0.2) is 16.8 Å². The van der Waals surface area contributed by atoms with Crippen LogP contribution in [0, 0.1) is 13.8 Å². The molecule has 0 saturated heterocycles. The highest BCUT2D eigenvalue weighted by molar-refractivity contribution is 8.02. The van der Waals surface area contributed by atoms with Crippen LogP contribution in [0.4, 0.5) is 0 Å². The average molecular weight is 413 g/mol. The Bertz CT molecular complexity index is 1210. The Morgan fingerprint density at radius 3 is 1.61 bits per heavy atom. The van der Waals surface area contributed by atoms with Crippen LogP contribution in [-0.2, 0) is 19.7 Å². The molecule has 0 fully saturated rings. The van der Waals surface area contributed by atoms with E-state index < -0.39 is 19.7 Å². The van der Waals surface area contributed by atoms with Crippen molar-refractivity contribution < 1.29 is 16.8 Å². The van der Waals surface area contributed by atoms with Crippen LogP contribution in [0.25, 0.3) is 4.91 Å². The van der Waals surface area contributed by atoms with E-state index in [1.807, 2.05) is 13.8 Å². The van der Waals surface area contributed by atoms with E-state index in [4.69, 9.17) is 0 Å². The Balaban J connectivity index is 2.22. The second kappa shape index (κ2) is 7.73. The normalized spacial score (nSPS) is 12.7. The Morgan fingerprint density at radius 2 is 1.11 bits per heavy atom. The molecule has 144 valence electrons. The van der Waals surface area contributed by atoms with Crippen molar-refractivity contribution in [2.75, 3.05) is 0 Å². The van der Waals surface area contributed by atoms with Crippen molar-refractivity contribution in [2.24, 2.45) is 0 Å². The van der Waals surface area contributed by atoms with E-state index >= 15 is 0 Å². The minimum absolute atomic E-state index is 0.0469. The van der Waals surface area contributed by atoms with Gasteiger partial charge in [-0.15, -0.1) is 0 Å². The van der Waals surface area contributed by atoms with Crippen LogP contribution in [0.2, 0.25) is 0 Å². The van der Waals surface area contributed by atoms with Gasteiger partial charge in [-0.3, -0.25) is 0 Å². The van der Waals surface area contributed by atoms with Crippen LogP contribution < -0.4 is 0 Å². The van der Waals surface area contributed by atoms with Crippen molar-refractivity contribution in [2.45, 2.75) is 23.6 Å². The zero-order valence-electron chi connectivity index (χ0n) is 15.5. The van der Waals surface area contributed by atoms with Gasteiger partial charge in [0.05, 0.1) is 20.1 Å². The van der Waals surface area contributed by atoms with Crippen LogP contribution in [0.3, 0.4) is 0 Å². The maximum Gasteiger partial charge on any atom is 0.207 e. The van der Waals surface area contributed by atoms with Crippen molar-refractivity contribution in [1.82, 2.24) is 0 Å². The molecule has 3 aromatic rings. The molecule has 28 heavy (non-hydrogen) atoms. The molecule has 0 aliphatic rings. The molecule has 0 aliphatic heterocycles. The molecule has 0 N–H and O–H groups in total. The van der Waals surface area contributed by atoms with Crippen molar-refractivity contribution in [3.05, 3.63) is 101 Å². The fraction of sp³-hybridized carbons (Fsp3) is 0.0909. The van der Waals surface area contributed by atoms with Crippen molar-refractivity contribution in [3.8, 4) is 0 Å². The summed E-state index contributed by atoms with van der Waals surface area (Å²) in [5, 5.41) is 0.849. The highest BCUT2D eigenvalue weighted by Gasteiger charge is 2.25. The van der Waals surface area contributed by atoms with Gasteiger partial charge in [0.15, 0.2) is 0 Å². The van der Waals surface area contributed by atoms with Gasteiger partial charge in [-0.2, -0.15) is 0 Å². The molecule has 0 radical (unpaired) electrons. The first-order valence-electron chi connectivity index (χ1n) is 8.61. The zero-order chi connectivity index (χ0) is 20.4. The van der Waals surface area contributed by atoms with E-state index in [1.165, 1.54) is 24.3 Å². The maximum absolute atomic E-state index is 13.3. The van der Waals surface area contributed by atoms with E-state index in [-0.39, 0.29) is 14.7 Å². The van der Waals surface area contributed by atoms with Gasteiger partial charge in [0.1, 0.15) is 0 Å². The standard InChI is InChI=1S/C22H20O4S2/c1-17-8-12-20(13-9-17)27(23,24)16-22(19-6-4-3-5-7-19)28(25,26)21-14-10-18(2)11-15-21/h3-16H,1-2H3/b22-16+. The summed E-state index contributed by atoms with van der Waals surface area (Å²) >= 11 is 0. The molecule has 6 heteroatoms. The lowest BCUT2D eigenvalue weighted by molar-refractivity contribution is 0.601. The lowest BCUT2D eigenvalue weighted by atomic mass is 10.2. The summed E-state index contributed by atoms with van der Waals surface area (Å²) in [7, 11) is -8.00. The lowest BCUT2D eigenvalue weighted by Crippen LogP contribution is -2.08. The molecule has 0 spiro atoms. The van der Waals surface area contributed by atoms with Crippen LogP contribution in [-0.4, -0.2) is 16.8 Å². The van der Waals surface area contributed by atoms with Crippen LogP contribution >= 0.6 is 0 Å². The van der Waals surface area contributed by atoms with Gasteiger partial charge >= 0.3 is 0 Å². The number of aryl methyl sites for hydroxylation is 2. The molecule has 0 unspecified atom stereocenters. The second-order valence-corrected chi connectivity index (χ2v) is 10.2. The predicted octanol–water partition coefficient (Wildman–Crippen LogP) is 4.55. The average Bonchev–Trinajstić information content (AvgIpc) is 2.67. The third-order valence-electron chi connectivity index (χ3n) is 4.29. The third-order valence-corrected chi connectivity index (χ3v) is 7.74. The third kappa shape index (κ3) is 4.24. The maximum atomic E-state index is 13.3. The Labute approximate surface area is 166 Å². The molecule has 0 amide bonds. The highest BCUT2D eigenvalue weighted by Crippen LogP contribution is 2.30. The van der Waals surface area contributed by atoms with Gasteiger partial charge < -0.3 is 0 Å². The number of rotatable bonds is 5. The quantitative estimate of drug-likeness (QED) is 0.616. The summed E-state index contributed by atoms with van der Waals surface area (Å²) in [5.74, 6) is 0. The number of benzene rings is 3. The fourth-order valence-corrected chi connectivity index (χ4v) is 5.82. The van der Waals surface area contributed by atoms with Gasteiger partial charge in [-0.1, -0.05) is 65.7 Å². The number of hydrogen-bond donors (Lipinski definition) is 0. The van der Waals surface area contributed by atoms with Gasteiger partial charge in [0, 0.05) is 0 Å². The molecule has 4 nitrogen and oxygen atoms in total. The fourth-order valence-electron chi connectivity index (χ4n) is 2.67. The smallest absolute Gasteiger partial charge is 0.207 e. The van der Waals surface area contributed by atoms with Crippen molar-refractivity contribution >= 4 is 24.6 Å². The van der Waals surface area contributed by atoms with E-state index in [0.717, 1.165) is 16.5 Å². The first-order valence-corrected chi connectivity index (χ1v) is 11.6. The Kier molecular flexibility index (Phi) is 5.54. The van der Waals surface area contributed by atoms with E-state index in [9.17, 15) is 16.8 Å². The molecule has 0 aromatic heterocycles. The summed E-state index contributed by atoms with van der Waals surface area (Å²) in [4.78, 5) is -0.157. The molecule has 0 saturated carbocycles. The molecule has 0 atom stereocenters. The minimum Gasteiger partial charge on any atom is -0.219 e. The monoisotopic (exact) mass is 412 g/mol. The Morgan fingerprint density at radius 1 is 0.643 bits per heavy atom. The van der Waals surface area contributed by atoms with Crippen molar-refractivity contribution in [3.63, 3.8) is 0 Å². The van der Waals surface area contributed by atoms with Gasteiger partial charge in [-0.05, 0) is 43.7 Å². The van der Waals surface area contributed by atoms with Crippen LogP contribution in [0.15, 0.2) is 94.1 Å². The molecule has 0 heterocycles. The van der Waals surface area contributed by atoms with Gasteiger partial charge in [0.2, 0.25) is 19.7 Å². The number of hydrogen-bond acceptors (Lipinski definition) is 4. The minimum atomic E-state index is -4.04. The topological polar surface area (TPSA) is 68.3 Å². The van der Waals surface area contributed by atoms with Gasteiger partial charge in [0.25, 0.3) is 0 Å². The summed E-state index contributed by atoms with van der Waals surface area (Å²) < 4.78 is 52.4. The predicted molar refractivity (Wildman–Crippen MR) is 111 cm³/mol. The highest BCUT2D eigenvalue weighted by atomic mass is 32.2. The molecule has 3 aromatic carbocycles. The molecule has 3 rings (SSSR count). The van der Waals surface area contributed by atoms with E-state index in [2.05, 4.69) is 0 Å². The lowest BCUT2D eigenvalue weighted by Gasteiger charge is -2.11.